The maximum atomic E-state index is 10.9. The summed E-state index contributed by atoms with van der Waals surface area (Å²) in [6, 6.07) is 6.45. The Morgan fingerprint density at radius 3 is 2.70 bits per heavy atom. The lowest BCUT2D eigenvalue weighted by molar-refractivity contribution is -0.384. The number of hydrogen-bond donors (Lipinski definition) is 0. The number of nitro benzene ring substituents is 1. The zero-order valence-electron chi connectivity index (χ0n) is 10.8. The normalized spacial score (nSPS) is 14.3. The van der Waals surface area contributed by atoms with Crippen molar-refractivity contribution in [3.63, 3.8) is 0 Å². The van der Waals surface area contributed by atoms with Crippen LogP contribution in [0.4, 0.5) is 5.69 Å². The molecule has 0 N–H and O–H groups in total. The summed E-state index contributed by atoms with van der Waals surface area (Å²) in [6.45, 7) is 1.88. The average Bonchev–Trinajstić information content (AvgIpc) is 3.22. The minimum Gasteiger partial charge on any atom is -0.258 e. The van der Waals surface area contributed by atoms with Gasteiger partial charge in [-0.1, -0.05) is 17.7 Å². The zero-order chi connectivity index (χ0) is 14.3. The number of rotatable bonds is 3. The van der Waals surface area contributed by atoms with Gasteiger partial charge >= 0.3 is 0 Å². The molecule has 3 rings (SSSR count). The van der Waals surface area contributed by atoms with E-state index in [0.29, 0.717) is 22.5 Å². The van der Waals surface area contributed by atoms with Crippen LogP contribution in [0.1, 0.15) is 30.0 Å². The summed E-state index contributed by atoms with van der Waals surface area (Å²) in [7, 11) is 0. The summed E-state index contributed by atoms with van der Waals surface area (Å²) in [4.78, 5) is 19.2. The van der Waals surface area contributed by atoms with Crippen LogP contribution in [0.15, 0.2) is 24.3 Å². The van der Waals surface area contributed by atoms with Crippen LogP contribution in [0.5, 0.6) is 0 Å². The molecule has 0 aliphatic heterocycles. The third-order valence-electron chi connectivity index (χ3n) is 3.38. The molecule has 0 saturated heterocycles. The molecule has 0 unspecified atom stereocenters. The fraction of sp³-hybridized carbons (Fsp3) is 0.286. The van der Waals surface area contributed by atoms with Gasteiger partial charge in [0.1, 0.15) is 5.15 Å². The highest BCUT2D eigenvalue weighted by Crippen LogP contribution is 2.40. The first-order valence-corrected chi connectivity index (χ1v) is 6.72. The Labute approximate surface area is 120 Å². The molecule has 1 aliphatic carbocycles. The maximum absolute atomic E-state index is 10.9. The van der Waals surface area contributed by atoms with Gasteiger partial charge in [-0.05, 0) is 31.4 Å². The van der Waals surface area contributed by atoms with E-state index in [4.69, 9.17) is 11.6 Å². The first-order chi connectivity index (χ1) is 9.54. The van der Waals surface area contributed by atoms with E-state index in [2.05, 4.69) is 9.97 Å². The van der Waals surface area contributed by atoms with Crippen LogP contribution < -0.4 is 0 Å². The molecule has 5 nitrogen and oxygen atoms in total. The van der Waals surface area contributed by atoms with Crippen molar-refractivity contribution in [2.24, 2.45) is 0 Å². The van der Waals surface area contributed by atoms with Crippen LogP contribution >= 0.6 is 11.6 Å². The van der Waals surface area contributed by atoms with Gasteiger partial charge in [-0.3, -0.25) is 10.1 Å². The van der Waals surface area contributed by atoms with Crippen LogP contribution in [0.3, 0.4) is 0 Å². The monoisotopic (exact) mass is 289 g/mol. The fourth-order valence-electron chi connectivity index (χ4n) is 2.11. The summed E-state index contributed by atoms with van der Waals surface area (Å²) in [6.07, 6.45) is 2.22. The van der Waals surface area contributed by atoms with Crippen molar-refractivity contribution in [3.8, 4) is 11.4 Å². The average molecular weight is 290 g/mol. The molecule has 102 valence electrons. The summed E-state index contributed by atoms with van der Waals surface area (Å²) in [5.41, 5.74) is 2.50. The molecule has 1 fully saturated rings. The lowest BCUT2D eigenvalue weighted by atomic mass is 10.1. The predicted octanol–water partition coefficient (Wildman–Crippen LogP) is 3.89. The fourth-order valence-corrected chi connectivity index (χ4v) is 2.30. The van der Waals surface area contributed by atoms with Gasteiger partial charge in [0, 0.05) is 29.3 Å². The van der Waals surface area contributed by atoms with Gasteiger partial charge in [-0.25, -0.2) is 9.97 Å². The van der Waals surface area contributed by atoms with Crippen molar-refractivity contribution >= 4 is 17.3 Å². The standard InChI is InChI=1S/C14H12ClN3O2/c1-8-2-5-10(18(19)20)6-11(8)14-16-12(9-3-4-9)7-13(15)17-14/h2,5-7,9H,3-4H2,1H3. The molecule has 0 amide bonds. The number of non-ortho nitro benzene ring substituents is 1. The zero-order valence-corrected chi connectivity index (χ0v) is 11.6. The smallest absolute Gasteiger partial charge is 0.258 e. The van der Waals surface area contributed by atoms with E-state index in [1.807, 2.05) is 6.92 Å². The van der Waals surface area contributed by atoms with Gasteiger partial charge in [0.15, 0.2) is 5.82 Å². The van der Waals surface area contributed by atoms with Gasteiger partial charge in [-0.2, -0.15) is 0 Å². The van der Waals surface area contributed by atoms with E-state index in [9.17, 15) is 10.1 Å². The molecule has 6 heteroatoms. The van der Waals surface area contributed by atoms with Crippen molar-refractivity contribution in [2.75, 3.05) is 0 Å². The summed E-state index contributed by atoms with van der Waals surface area (Å²) >= 11 is 6.04. The Morgan fingerprint density at radius 1 is 1.30 bits per heavy atom. The lowest BCUT2D eigenvalue weighted by Crippen LogP contribution is -1.98. The first-order valence-electron chi connectivity index (χ1n) is 6.34. The summed E-state index contributed by atoms with van der Waals surface area (Å²) in [5.74, 6) is 0.911. The van der Waals surface area contributed by atoms with E-state index in [1.165, 1.54) is 12.1 Å². The molecule has 2 aromatic rings. The quantitative estimate of drug-likeness (QED) is 0.488. The molecule has 1 aliphatic rings. The highest BCUT2D eigenvalue weighted by molar-refractivity contribution is 6.29. The Kier molecular flexibility index (Phi) is 3.14. The van der Waals surface area contributed by atoms with Crippen molar-refractivity contribution in [1.29, 1.82) is 0 Å². The minimum atomic E-state index is -0.421. The molecule has 1 aromatic heterocycles. The number of benzene rings is 1. The van der Waals surface area contributed by atoms with Crippen LogP contribution in [0, 0.1) is 17.0 Å². The third kappa shape index (κ3) is 2.49. The Balaban J connectivity index is 2.12. The molecule has 1 aromatic carbocycles. The first kappa shape index (κ1) is 13.0. The van der Waals surface area contributed by atoms with Crippen LogP contribution in [-0.4, -0.2) is 14.9 Å². The minimum absolute atomic E-state index is 0.0298. The topological polar surface area (TPSA) is 68.9 Å². The number of aromatic nitrogens is 2. The molecule has 1 saturated carbocycles. The molecule has 0 atom stereocenters. The third-order valence-corrected chi connectivity index (χ3v) is 3.58. The molecule has 0 radical (unpaired) electrons. The summed E-state index contributed by atoms with van der Waals surface area (Å²) < 4.78 is 0. The van der Waals surface area contributed by atoms with Crippen LogP contribution in [-0.2, 0) is 0 Å². The number of nitrogens with zero attached hydrogens (tertiary/aromatic N) is 3. The van der Waals surface area contributed by atoms with Gasteiger partial charge in [0.2, 0.25) is 0 Å². The lowest BCUT2D eigenvalue weighted by Gasteiger charge is -2.07. The van der Waals surface area contributed by atoms with Crippen molar-refractivity contribution in [2.45, 2.75) is 25.7 Å². The van der Waals surface area contributed by atoms with E-state index < -0.39 is 4.92 Å². The number of halogens is 1. The highest BCUT2D eigenvalue weighted by Gasteiger charge is 2.26. The van der Waals surface area contributed by atoms with Crippen LogP contribution in [0.25, 0.3) is 11.4 Å². The van der Waals surface area contributed by atoms with E-state index in [0.717, 1.165) is 24.1 Å². The van der Waals surface area contributed by atoms with E-state index >= 15 is 0 Å². The Hall–Kier alpha value is -2.01. The Morgan fingerprint density at radius 2 is 2.05 bits per heavy atom. The summed E-state index contributed by atoms with van der Waals surface area (Å²) in [5, 5.41) is 11.3. The van der Waals surface area contributed by atoms with Gasteiger partial charge in [0.05, 0.1) is 4.92 Å². The highest BCUT2D eigenvalue weighted by atomic mass is 35.5. The van der Waals surface area contributed by atoms with Gasteiger partial charge in [-0.15, -0.1) is 0 Å². The molecular weight excluding hydrogens is 278 g/mol. The molecule has 1 heterocycles. The van der Waals surface area contributed by atoms with Gasteiger partial charge in [0.25, 0.3) is 5.69 Å². The molecule has 0 bridgehead atoms. The number of hydrogen-bond acceptors (Lipinski definition) is 4. The van der Waals surface area contributed by atoms with Crippen molar-refractivity contribution in [1.82, 2.24) is 9.97 Å². The number of aryl methyl sites for hydroxylation is 1. The number of nitro groups is 1. The second kappa shape index (κ2) is 4.83. The molecular formula is C14H12ClN3O2. The predicted molar refractivity (Wildman–Crippen MR) is 75.8 cm³/mol. The SMILES string of the molecule is Cc1ccc([N+](=O)[O-])cc1-c1nc(Cl)cc(C2CC2)n1. The maximum Gasteiger partial charge on any atom is 0.270 e. The van der Waals surface area contributed by atoms with Crippen LogP contribution in [0.2, 0.25) is 5.15 Å². The largest absolute Gasteiger partial charge is 0.270 e. The molecule has 20 heavy (non-hydrogen) atoms. The second-order valence-corrected chi connectivity index (χ2v) is 5.36. The van der Waals surface area contributed by atoms with Crippen molar-refractivity contribution in [3.05, 3.63) is 50.8 Å². The Bertz CT molecular complexity index is 699. The molecule has 0 spiro atoms. The van der Waals surface area contributed by atoms with E-state index in [1.54, 1.807) is 12.1 Å². The van der Waals surface area contributed by atoms with Crippen molar-refractivity contribution < 1.29 is 4.92 Å². The van der Waals surface area contributed by atoms with E-state index in [-0.39, 0.29) is 5.69 Å². The second-order valence-electron chi connectivity index (χ2n) is 4.97. The van der Waals surface area contributed by atoms with Gasteiger partial charge < -0.3 is 0 Å².